The first-order valence-electron chi connectivity index (χ1n) is 29.3. The summed E-state index contributed by atoms with van der Waals surface area (Å²) in [5.41, 5.74) is 0. The van der Waals surface area contributed by atoms with Crippen LogP contribution < -0.4 is 5.32 Å². The molecule has 1 amide bonds. The molecular weight excluding hydrogens is 895 g/mol. The van der Waals surface area contributed by atoms with Gasteiger partial charge in [0.2, 0.25) is 5.91 Å². The Balaban J connectivity index is 1.59. The van der Waals surface area contributed by atoms with Crippen molar-refractivity contribution in [1.29, 1.82) is 0 Å². The molecule has 2 aliphatic heterocycles. The van der Waals surface area contributed by atoms with E-state index in [1.165, 1.54) is 180 Å². The van der Waals surface area contributed by atoms with Crippen molar-refractivity contribution < 1.29 is 64.6 Å². The Bertz CT molecular complexity index is 1180. The van der Waals surface area contributed by atoms with Crippen LogP contribution in [0.4, 0.5) is 0 Å². The molecule has 0 radical (unpaired) electrons. The summed E-state index contributed by atoms with van der Waals surface area (Å²) in [6.07, 6.45) is 30.3. The smallest absolute Gasteiger partial charge is 0.220 e. The van der Waals surface area contributed by atoms with Gasteiger partial charge in [-0.25, -0.2) is 0 Å². The predicted molar refractivity (Wildman–Crippen MR) is 277 cm³/mol. The molecule has 0 aromatic carbocycles. The Kier molecular flexibility index (Phi) is 40.2. The van der Waals surface area contributed by atoms with Crippen LogP contribution in [0, 0.1) is 0 Å². The van der Waals surface area contributed by atoms with Gasteiger partial charge >= 0.3 is 0 Å². The highest BCUT2D eigenvalue weighted by Crippen LogP contribution is 2.30. The molecule has 0 aromatic rings. The van der Waals surface area contributed by atoms with Gasteiger partial charge in [0, 0.05) is 6.42 Å². The number of unbranched alkanes of at least 4 members (excludes halogenated alkanes) is 34. The number of aliphatic hydroxyl groups excluding tert-OH is 8. The van der Waals surface area contributed by atoms with Crippen molar-refractivity contribution >= 4 is 5.91 Å². The molecule has 14 heteroatoms. The molecule has 2 rings (SSSR count). The van der Waals surface area contributed by atoms with E-state index >= 15 is 0 Å². The van der Waals surface area contributed by atoms with Crippen molar-refractivity contribution in [3.8, 4) is 0 Å². The summed E-state index contributed by atoms with van der Waals surface area (Å²) < 4.78 is 22.7. The van der Waals surface area contributed by atoms with E-state index in [1.807, 2.05) is 0 Å². The maximum Gasteiger partial charge on any atom is 0.220 e. The summed E-state index contributed by atoms with van der Waals surface area (Å²) in [5, 5.41) is 86.7. The van der Waals surface area contributed by atoms with Gasteiger partial charge < -0.3 is 65.1 Å². The maximum absolute atomic E-state index is 13.2. The molecule has 2 aliphatic rings. The molecule has 0 aliphatic carbocycles. The van der Waals surface area contributed by atoms with Crippen LogP contribution in [-0.2, 0) is 23.7 Å². The molecule has 12 atom stereocenters. The number of hydrogen-bond acceptors (Lipinski definition) is 13. The average molecular weight is 1000 g/mol. The lowest BCUT2D eigenvalue weighted by atomic mass is 9.97. The van der Waals surface area contributed by atoms with E-state index in [4.69, 9.17) is 18.9 Å². The molecule has 2 heterocycles. The molecule has 0 bridgehead atoms. The Morgan fingerprint density at radius 2 is 0.814 bits per heavy atom. The lowest BCUT2D eigenvalue weighted by Crippen LogP contribution is -2.65. The van der Waals surface area contributed by atoms with E-state index in [9.17, 15) is 45.6 Å². The molecule has 0 aromatic heterocycles. The van der Waals surface area contributed by atoms with Crippen LogP contribution in [0.1, 0.15) is 258 Å². The minimum Gasteiger partial charge on any atom is -0.394 e. The van der Waals surface area contributed by atoms with Gasteiger partial charge in [0.25, 0.3) is 0 Å². The zero-order chi connectivity index (χ0) is 51.0. The van der Waals surface area contributed by atoms with Gasteiger partial charge in [-0.3, -0.25) is 4.79 Å². The van der Waals surface area contributed by atoms with Crippen LogP contribution in [0.15, 0.2) is 0 Å². The highest BCUT2D eigenvalue weighted by atomic mass is 16.7. The first-order chi connectivity index (χ1) is 34.1. The van der Waals surface area contributed by atoms with Gasteiger partial charge in [-0.15, -0.1) is 0 Å². The van der Waals surface area contributed by atoms with E-state index in [1.54, 1.807) is 0 Å². The normalized spacial score (nSPS) is 25.9. The van der Waals surface area contributed by atoms with E-state index in [0.717, 1.165) is 51.4 Å². The first kappa shape index (κ1) is 65.1. The van der Waals surface area contributed by atoms with E-state index in [-0.39, 0.29) is 12.5 Å². The molecule has 12 unspecified atom stereocenters. The zero-order valence-electron chi connectivity index (χ0n) is 44.5. The van der Waals surface area contributed by atoms with E-state index in [0.29, 0.717) is 12.8 Å². The van der Waals surface area contributed by atoms with Crippen LogP contribution in [0.3, 0.4) is 0 Å². The van der Waals surface area contributed by atoms with Gasteiger partial charge in [-0.1, -0.05) is 239 Å². The molecule has 0 saturated carbocycles. The van der Waals surface area contributed by atoms with Crippen molar-refractivity contribution in [2.45, 2.75) is 331 Å². The van der Waals surface area contributed by atoms with Crippen molar-refractivity contribution in [2.75, 3.05) is 19.8 Å². The fraction of sp³-hybridized carbons (Fsp3) is 0.982. The molecule has 416 valence electrons. The third-order valence-corrected chi connectivity index (χ3v) is 14.8. The number of ether oxygens (including phenoxy) is 4. The molecule has 0 spiro atoms. The second-order valence-electron chi connectivity index (χ2n) is 21.1. The number of nitrogens with one attached hydrogen (secondary N) is 1. The summed E-state index contributed by atoms with van der Waals surface area (Å²) in [6, 6.07) is -0.820. The van der Waals surface area contributed by atoms with Crippen LogP contribution in [0.5, 0.6) is 0 Å². The van der Waals surface area contributed by atoms with Crippen molar-refractivity contribution in [3.63, 3.8) is 0 Å². The van der Waals surface area contributed by atoms with Gasteiger partial charge in [-0.2, -0.15) is 0 Å². The van der Waals surface area contributed by atoms with Crippen molar-refractivity contribution in [3.05, 3.63) is 0 Å². The van der Waals surface area contributed by atoms with E-state index < -0.39 is 86.8 Å². The van der Waals surface area contributed by atoms with Crippen LogP contribution in [-0.4, -0.2) is 140 Å². The third kappa shape index (κ3) is 29.2. The fourth-order valence-electron chi connectivity index (χ4n) is 10.1. The minimum absolute atomic E-state index is 0.205. The topological polar surface area (TPSA) is 228 Å². The highest BCUT2D eigenvalue weighted by Gasteiger charge is 2.51. The van der Waals surface area contributed by atoms with Gasteiger partial charge in [0.1, 0.15) is 48.8 Å². The Hall–Kier alpha value is -1.01. The fourth-order valence-corrected chi connectivity index (χ4v) is 10.1. The first-order valence-corrected chi connectivity index (χ1v) is 29.3. The maximum atomic E-state index is 13.2. The van der Waals surface area contributed by atoms with E-state index in [2.05, 4.69) is 19.2 Å². The molecule has 2 saturated heterocycles. The number of amides is 1. The molecular formula is C56H109NO13. The van der Waals surface area contributed by atoms with Gasteiger partial charge in [0.05, 0.1) is 32.0 Å². The summed E-state index contributed by atoms with van der Waals surface area (Å²) in [7, 11) is 0. The quantitative estimate of drug-likeness (QED) is 0.0259. The van der Waals surface area contributed by atoms with Crippen molar-refractivity contribution in [2.24, 2.45) is 0 Å². The molecule has 14 nitrogen and oxygen atoms in total. The molecule has 2 fully saturated rings. The van der Waals surface area contributed by atoms with Gasteiger partial charge in [-0.05, 0) is 12.8 Å². The number of rotatable bonds is 47. The summed E-state index contributed by atoms with van der Waals surface area (Å²) in [5.74, 6) is -0.205. The van der Waals surface area contributed by atoms with Crippen LogP contribution in [0.25, 0.3) is 0 Å². The summed E-state index contributed by atoms with van der Waals surface area (Å²) >= 11 is 0. The molecule has 70 heavy (non-hydrogen) atoms. The predicted octanol–water partition coefficient (Wildman–Crippen LogP) is 9.34. The monoisotopic (exact) mass is 1000 g/mol. The minimum atomic E-state index is -1.78. The Morgan fingerprint density at radius 3 is 1.21 bits per heavy atom. The standard InChI is InChI=1S/C56H109NO13/c1-3-5-7-9-11-12-13-14-15-16-17-18-19-20-21-22-23-24-25-26-27-28-29-30-31-32-34-36-38-40-48(61)57-44(45(60)39-37-35-33-10-8-6-4-2)43-67-55-53(66)51(64)54(47(42-59)69-55)70-56-52(65)50(63)49(62)46(41-58)68-56/h44-47,49-56,58-60,62-66H,3-43H2,1-2H3,(H,57,61). The Labute approximate surface area is 425 Å². The number of carbonyl (C=O) groups is 1. The highest BCUT2D eigenvalue weighted by molar-refractivity contribution is 5.76. The SMILES string of the molecule is CCCCCCCCCCCCCCCCCCCCCCCCCCCCCCCC(=O)NC(COC1OC(CO)C(OC2OC(CO)C(O)C(O)C2O)C(O)C1O)C(O)CCCCCCCCC. The third-order valence-electron chi connectivity index (χ3n) is 14.8. The number of carbonyl (C=O) groups excluding carboxylic acids is 1. The zero-order valence-corrected chi connectivity index (χ0v) is 44.5. The van der Waals surface area contributed by atoms with Crippen LogP contribution >= 0.6 is 0 Å². The van der Waals surface area contributed by atoms with Crippen LogP contribution in [0.2, 0.25) is 0 Å². The second-order valence-corrected chi connectivity index (χ2v) is 21.1. The number of aliphatic hydroxyl groups is 8. The molecule has 9 N–H and O–H groups in total. The Morgan fingerprint density at radius 1 is 0.457 bits per heavy atom. The lowest BCUT2D eigenvalue weighted by Gasteiger charge is -2.46. The summed E-state index contributed by atoms with van der Waals surface area (Å²) in [4.78, 5) is 13.2. The lowest BCUT2D eigenvalue weighted by molar-refractivity contribution is -0.359. The average Bonchev–Trinajstić information content (AvgIpc) is 3.36. The second kappa shape index (κ2) is 43.3. The number of hydrogen-bond donors (Lipinski definition) is 9. The van der Waals surface area contributed by atoms with Gasteiger partial charge in [0.15, 0.2) is 12.6 Å². The largest absolute Gasteiger partial charge is 0.394 e. The summed E-state index contributed by atoms with van der Waals surface area (Å²) in [6.45, 7) is 2.83. The van der Waals surface area contributed by atoms with Crippen molar-refractivity contribution in [1.82, 2.24) is 5.32 Å².